The molecule has 126 valence electrons. The van der Waals surface area contributed by atoms with Crippen LogP contribution in [0.5, 0.6) is 5.75 Å². The SMILES string of the molecule is Cc1ccc(C)c(O[C@H](C)C(=O)N2CCN(CC(=O)O)CC2)c1. The highest BCUT2D eigenvalue weighted by atomic mass is 16.5. The molecule has 0 aromatic heterocycles. The number of carboxylic acids is 1. The summed E-state index contributed by atoms with van der Waals surface area (Å²) in [7, 11) is 0. The number of amides is 1. The summed E-state index contributed by atoms with van der Waals surface area (Å²) in [4.78, 5) is 26.8. The van der Waals surface area contributed by atoms with E-state index < -0.39 is 12.1 Å². The first kappa shape index (κ1) is 17.3. The molecule has 23 heavy (non-hydrogen) atoms. The molecule has 6 nitrogen and oxygen atoms in total. The Morgan fingerprint density at radius 3 is 2.48 bits per heavy atom. The van der Waals surface area contributed by atoms with Crippen LogP contribution in [0.25, 0.3) is 0 Å². The smallest absolute Gasteiger partial charge is 0.317 e. The van der Waals surface area contributed by atoms with Crippen molar-refractivity contribution in [2.24, 2.45) is 0 Å². The van der Waals surface area contributed by atoms with Crippen LogP contribution in [0.2, 0.25) is 0 Å². The summed E-state index contributed by atoms with van der Waals surface area (Å²) in [5, 5.41) is 8.80. The fraction of sp³-hybridized carbons (Fsp3) is 0.529. The summed E-state index contributed by atoms with van der Waals surface area (Å²) in [5.74, 6) is -0.160. The minimum absolute atomic E-state index is 0.0244. The van der Waals surface area contributed by atoms with Crippen LogP contribution >= 0.6 is 0 Å². The molecule has 1 aliphatic heterocycles. The molecule has 1 heterocycles. The van der Waals surface area contributed by atoms with Crippen LogP contribution in [-0.4, -0.2) is 65.6 Å². The highest BCUT2D eigenvalue weighted by Crippen LogP contribution is 2.21. The van der Waals surface area contributed by atoms with Crippen molar-refractivity contribution in [3.63, 3.8) is 0 Å². The van der Waals surface area contributed by atoms with Gasteiger partial charge in [0.05, 0.1) is 6.54 Å². The quantitative estimate of drug-likeness (QED) is 0.885. The topological polar surface area (TPSA) is 70.1 Å². The Morgan fingerprint density at radius 2 is 1.87 bits per heavy atom. The van der Waals surface area contributed by atoms with Crippen molar-refractivity contribution in [1.29, 1.82) is 0 Å². The highest BCUT2D eigenvalue weighted by Gasteiger charge is 2.26. The van der Waals surface area contributed by atoms with Crippen molar-refractivity contribution in [2.45, 2.75) is 26.9 Å². The number of carbonyl (C=O) groups is 2. The fourth-order valence-corrected chi connectivity index (χ4v) is 2.65. The Kier molecular flexibility index (Phi) is 5.60. The van der Waals surface area contributed by atoms with Gasteiger partial charge in [-0.2, -0.15) is 0 Å². The molecule has 0 aliphatic carbocycles. The van der Waals surface area contributed by atoms with E-state index in [-0.39, 0.29) is 12.5 Å². The normalized spacial score (nSPS) is 16.9. The lowest BCUT2D eigenvalue weighted by atomic mass is 10.1. The molecular weight excluding hydrogens is 296 g/mol. The Labute approximate surface area is 136 Å². The van der Waals surface area contributed by atoms with Crippen LogP contribution in [0.1, 0.15) is 18.1 Å². The molecule has 2 rings (SSSR count). The standard InChI is InChI=1S/C17H24N2O4/c1-12-4-5-13(2)15(10-12)23-14(3)17(22)19-8-6-18(7-9-19)11-16(20)21/h4-5,10,14H,6-9,11H2,1-3H3,(H,20,21)/t14-/m1/s1. The second kappa shape index (κ2) is 7.46. The maximum absolute atomic E-state index is 12.5. The van der Waals surface area contributed by atoms with Crippen LogP contribution < -0.4 is 4.74 Å². The number of carbonyl (C=O) groups excluding carboxylic acids is 1. The number of benzene rings is 1. The molecule has 1 atom stereocenters. The Hall–Kier alpha value is -2.08. The molecule has 1 saturated heterocycles. The number of ether oxygens (including phenoxy) is 1. The van der Waals surface area contributed by atoms with Crippen molar-refractivity contribution in [3.05, 3.63) is 29.3 Å². The van der Waals surface area contributed by atoms with E-state index in [0.29, 0.717) is 26.2 Å². The first-order chi connectivity index (χ1) is 10.9. The molecule has 0 saturated carbocycles. The van der Waals surface area contributed by atoms with Gasteiger partial charge in [0, 0.05) is 26.2 Å². The highest BCUT2D eigenvalue weighted by molar-refractivity contribution is 5.81. The number of hydrogen-bond donors (Lipinski definition) is 1. The first-order valence-electron chi connectivity index (χ1n) is 7.83. The molecule has 1 aromatic rings. The van der Waals surface area contributed by atoms with E-state index in [9.17, 15) is 9.59 Å². The summed E-state index contributed by atoms with van der Waals surface area (Å²) in [6.45, 7) is 7.95. The lowest BCUT2D eigenvalue weighted by Crippen LogP contribution is -2.52. The average Bonchev–Trinajstić information content (AvgIpc) is 2.50. The zero-order valence-electron chi connectivity index (χ0n) is 13.9. The van der Waals surface area contributed by atoms with Gasteiger partial charge in [0.15, 0.2) is 6.10 Å². The third-order valence-corrected chi connectivity index (χ3v) is 4.04. The number of aryl methyl sites for hydroxylation is 2. The second-order valence-corrected chi connectivity index (χ2v) is 6.02. The Balaban J connectivity index is 1.90. The van der Waals surface area contributed by atoms with Gasteiger partial charge in [-0.1, -0.05) is 12.1 Å². The van der Waals surface area contributed by atoms with E-state index in [1.54, 1.807) is 11.8 Å². The van der Waals surface area contributed by atoms with E-state index in [0.717, 1.165) is 16.9 Å². The largest absolute Gasteiger partial charge is 0.481 e. The molecule has 1 amide bonds. The molecule has 6 heteroatoms. The molecule has 0 spiro atoms. The van der Waals surface area contributed by atoms with Gasteiger partial charge in [-0.25, -0.2) is 0 Å². The van der Waals surface area contributed by atoms with Crippen molar-refractivity contribution in [1.82, 2.24) is 9.80 Å². The molecule has 1 N–H and O–H groups in total. The van der Waals surface area contributed by atoms with Crippen molar-refractivity contribution >= 4 is 11.9 Å². The lowest BCUT2D eigenvalue weighted by molar-refractivity contribution is -0.141. The molecule has 1 aromatic carbocycles. The summed E-state index contributed by atoms with van der Waals surface area (Å²) in [5.41, 5.74) is 2.09. The summed E-state index contributed by atoms with van der Waals surface area (Å²) < 4.78 is 5.83. The van der Waals surface area contributed by atoms with Gasteiger partial charge in [-0.05, 0) is 38.0 Å². The van der Waals surface area contributed by atoms with Crippen LogP contribution in [0.4, 0.5) is 0 Å². The number of nitrogens with zero attached hydrogens (tertiary/aromatic N) is 2. The predicted molar refractivity (Wildman–Crippen MR) is 86.7 cm³/mol. The number of piperazine rings is 1. The van der Waals surface area contributed by atoms with Gasteiger partial charge in [-0.15, -0.1) is 0 Å². The van der Waals surface area contributed by atoms with Gasteiger partial charge in [-0.3, -0.25) is 14.5 Å². The van der Waals surface area contributed by atoms with Crippen molar-refractivity contribution < 1.29 is 19.4 Å². The van der Waals surface area contributed by atoms with Crippen LogP contribution in [0, 0.1) is 13.8 Å². The van der Waals surface area contributed by atoms with E-state index in [1.165, 1.54) is 0 Å². The third-order valence-electron chi connectivity index (χ3n) is 4.04. The number of rotatable bonds is 5. The maximum atomic E-state index is 12.5. The number of aliphatic carboxylic acids is 1. The molecule has 0 bridgehead atoms. The third kappa shape index (κ3) is 4.69. The molecular formula is C17H24N2O4. The second-order valence-electron chi connectivity index (χ2n) is 6.02. The van der Waals surface area contributed by atoms with Gasteiger partial charge in [0.2, 0.25) is 0 Å². The van der Waals surface area contributed by atoms with E-state index in [2.05, 4.69) is 0 Å². The first-order valence-corrected chi connectivity index (χ1v) is 7.83. The zero-order valence-corrected chi connectivity index (χ0v) is 13.9. The Morgan fingerprint density at radius 1 is 1.22 bits per heavy atom. The Bertz CT molecular complexity index is 580. The van der Waals surface area contributed by atoms with Crippen LogP contribution in [0.15, 0.2) is 18.2 Å². The minimum atomic E-state index is -0.837. The van der Waals surface area contributed by atoms with Crippen molar-refractivity contribution in [2.75, 3.05) is 32.7 Å². The maximum Gasteiger partial charge on any atom is 0.317 e. The van der Waals surface area contributed by atoms with Gasteiger partial charge < -0.3 is 14.7 Å². The lowest BCUT2D eigenvalue weighted by Gasteiger charge is -2.35. The van der Waals surface area contributed by atoms with Gasteiger partial charge >= 0.3 is 5.97 Å². The summed E-state index contributed by atoms with van der Waals surface area (Å²) in [6, 6.07) is 5.92. The fourth-order valence-electron chi connectivity index (χ4n) is 2.65. The average molecular weight is 320 g/mol. The zero-order chi connectivity index (χ0) is 17.0. The molecule has 0 unspecified atom stereocenters. The van der Waals surface area contributed by atoms with Crippen LogP contribution in [-0.2, 0) is 9.59 Å². The molecule has 1 aliphatic rings. The summed E-state index contributed by atoms with van der Waals surface area (Å²) >= 11 is 0. The predicted octanol–water partition coefficient (Wildman–Crippen LogP) is 1.30. The van der Waals surface area contributed by atoms with Crippen LogP contribution in [0.3, 0.4) is 0 Å². The van der Waals surface area contributed by atoms with Gasteiger partial charge in [0.25, 0.3) is 5.91 Å². The van der Waals surface area contributed by atoms with E-state index in [1.807, 2.05) is 36.9 Å². The number of hydrogen-bond acceptors (Lipinski definition) is 4. The molecule has 0 radical (unpaired) electrons. The summed E-state index contributed by atoms with van der Waals surface area (Å²) in [6.07, 6.45) is -0.554. The van der Waals surface area contributed by atoms with Gasteiger partial charge in [0.1, 0.15) is 5.75 Å². The minimum Gasteiger partial charge on any atom is -0.481 e. The monoisotopic (exact) mass is 320 g/mol. The van der Waals surface area contributed by atoms with E-state index >= 15 is 0 Å². The van der Waals surface area contributed by atoms with Crippen molar-refractivity contribution in [3.8, 4) is 5.75 Å². The van der Waals surface area contributed by atoms with E-state index in [4.69, 9.17) is 9.84 Å². The number of carboxylic acid groups (broad SMARTS) is 1. The molecule has 1 fully saturated rings.